The Morgan fingerprint density at radius 1 is 1.44 bits per heavy atom. The van der Waals surface area contributed by atoms with E-state index >= 15 is 0 Å². The van der Waals surface area contributed by atoms with Crippen LogP contribution in [0.4, 0.5) is 0 Å². The van der Waals surface area contributed by atoms with Gasteiger partial charge in [0.05, 0.1) is 11.2 Å². The maximum absolute atomic E-state index is 4.82. The molecular weight excluding hydrogens is 262 g/mol. The number of thiazole rings is 2. The van der Waals surface area contributed by atoms with Crippen LogP contribution in [0.3, 0.4) is 0 Å². The Bertz CT molecular complexity index is 500. The molecule has 96 valence electrons. The van der Waals surface area contributed by atoms with Crippen LogP contribution in [0.15, 0.2) is 10.9 Å². The van der Waals surface area contributed by atoms with Gasteiger partial charge >= 0.3 is 0 Å². The van der Waals surface area contributed by atoms with Crippen molar-refractivity contribution < 1.29 is 0 Å². The zero-order chi connectivity index (χ0) is 12.4. The summed E-state index contributed by atoms with van der Waals surface area (Å²) in [6.45, 7) is 4.23. The second kappa shape index (κ2) is 5.47. The molecular formula is C13H17N3S2. The van der Waals surface area contributed by atoms with Crippen molar-refractivity contribution in [2.75, 3.05) is 6.54 Å². The molecule has 1 aliphatic rings. The Labute approximate surface area is 115 Å². The first-order valence-electron chi connectivity index (χ1n) is 6.47. The number of nitrogens with zero attached hydrogens (tertiary/aromatic N) is 2. The summed E-state index contributed by atoms with van der Waals surface area (Å²) in [4.78, 5) is 10.6. The van der Waals surface area contributed by atoms with Gasteiger partial charge < -0.3 is 5.32 Å². The average molecular weight is 279 g/mol. The molecule has 0 bridgehead atoms. The van der Waals surface area contributed by atoms with E-state index in [0.717, 1.165) is 23.8 Å². The van der Waals surface area contributed by atoms with Gasteiger partial charge in [-0.3, -0.25) is 0 Å². The van der Waals surface area contributed by atoms with Gasteiger partial charge in [-0.25, -0.2) is 9.97 Å². The van der Waals surface area contributed by atoms with E-state index in [0.29, 0.717) is 5.92 Å². The molecule has 18 heavy (non-hydrogen) atoms. The largest absolute Gasteiger partial charge is 0.312 e. The molecule has 0 aliphatic heterocycles. The van der Waals surface area contributed by atoms with E-state index in [9.17, 15) is 0 Å². The number of rotatable bonds is 6. The van der Waals surface area contributed by atoms with Crippen LogP contribution in [-0.4, -0.2) is 16.5 Å². The summed E-state index contributed by atoms with van der Waals surface area (Å²) in [5.74, 6) is 0.715. The summed E-state index contributed by atoms with van der Waals surface area (Å²) >= 11 is 3.44. The second-order valence-electron chi connectivity index (χ2n) is 4.65. The van der Waals surface area contributed by atoms with Crippen molar-refractivity contribution in [3.05, 3.63) is 21.5 Å². The smallest absolute Gasteiger partial charge is 0.143 e. The highest BCUT2D eigenvalue weighted by atomic mass is 32.1. The first-order valence-corrected chi connectivity index (χ1v) is 8.23. The summed E-state index contributed by atoms with van der Waals surface area (Å²) in [7, 11) is 0. The molecule has 0 radical (unpaired) electrons. The first kappa shape index (κ1) is 12.3. The van der Waals surface area contributed by atoms with Gasteiger partial charge in [0, 0.05) is 22.7 Å². The highest BCUT2D eigenvalue weighted by Crippen LogP contribution is 2.44. The summed E-state index contributed by atoms with van der Waals surface area (Å²) in [6.07, 6.45) is 3.79. The third-order valence-electron chi connectivity index (χ3n) is 3.06. The summed E-state index contributed by atoms with van der Waals surface area (Å²) in [5, 5.41) is 6.66. The molecule has 5 heteroatoms. The molecule has 0 atom stereocenters. The SMILES string of the molecule is CCCNCc1sc(-c2cscn2)nc1C1CC1. The summed E-state index contributed by atoms with van der Waals surface area (Å²) in [6, 6.07) is 0. The zero-order valence-electron chi connectivity index (χ0n) is 10.5. The molecule has 0 spiro atoms. The van der Waals surface area contributed by atoms with E-state index in [1.807, 2.05) is 5.51 Å². The number of hydrogen-bond acceptors (Lipinski definition) is 5. The Balaban J connectivity index is 1.82. The van der Waals surface area contributed by atoms with E-state index in [1.54, 1.807) is 22.7 Å². The van der Waals surface area contributed by atoms with Gasteiger partial charge in [-0.2, -0.15) is 0 Å². The van der Waals surface area contributed by atoms with Crippen molar-refractivity contribution in [2.24, 2.45) is 0 Å². The fourth-order valence-corrected chi connectivity index (χ4v) is 3.67. The Kier molecular flexibility index (Phi) is 3.72. The van der Waals surface area contributed by atoms with Crippen LogP contribution in [0.1, 0.15) is 42.7 Å². The first-order chi connectivity index (χ1) is 8.88. The predicted octanol–water partition coefficient (Wildman–Crippen LogP) is 3.64. The molecule has 0 unspecified atom stereocenters. The van der Waals surface area contributed by atoms with Crippen molar-refractivity contribution in [1.82, 2.24) is 15.3 Å². The molecule has 0 amide bonds. The van der Waals surface area contributed by atoms with E-state index in [1.165, 1.54) is 29.8 Å². The van der Waals surface area contributed by atoms with Gasteiger partial charge in [-0.15, -0.1) is 22.7 Å². The monoisotopic (exact) mass is 279 g/mol. The lowest BCUT2D eigenvalue weighted by atomic mass is 10.2. The number of hydrogen-bond donors (Lipinski definition) is 1. The summed E-state index contributed by atoms with van der Waals surface area (Å²) in [5.41, 5.74) is 4.24. The second-order valence-corrected chi connectivity index (χ2v) is 6.45. The van der Waals surface area contributed by atoms with E-state index in [4.69, 9.17) is 4.98 Å². The molecule has 2 aromatic heterocycles. The normalized spacial score (nSPS) is 15.2. The lowest BCUT2D eigenvalue weighted by Gasteiger charge is -2.01. The Hall–Kier alpha value is -0.780. The molecule has 1 N–H and O–H groups in total. The lowest BCUT2D eigenvalue weighted by molar-refractivity contribution is 0.676. The third-order valence-corrected chi connectivity index (χ3v) is 4.74. The molecule has 1 fully saturated rings. The van der Waals surface area contributed by atoms with Crippen LogP contribution in [0.5, 0.6) is 0 Å². The maximum atomic E-state index is 4.82. The predicted molar refractivity (Wildman–Crippen MR) is 77.2 cm³/mol. The van der Waals surface area contributed by atoms with Gasteiger partial charge in [0.2, 0.25) is 0 Å². The van der Waals surface area contributed by atoms with Crippen molar-refractivity contribution in [1.29, 1.82) is 0 Å². The fourth-order valence-electron chi connectivity index (χ4n) is 1.97. The minimum Gasteiger partial charge on any atom is -0.312 e. The van der Waals surface area contributed by atoms with Crippen LogP contribution >= 0.6 is 22.7 Å². The fraction of sp³-hybridized carbons (Fsp3) is 0.538. The van der Waals surface area contributed by atoms with Crippen LogP contribution in [0.25, 0.3) is 10.7 Å². The molecule has 0 saturated heterocycles. The van der Waals surface area contributed by atoms with Crippen molar-refractivity contribution in [3.8, 4) is 10.7 Å². The standard InChI is InChI=1S/C13H17N3S2/c1-2-5-14-6-11-12(9-3-4-9)16-13(18-11)10-7-17-8-15-10/h7-9,14H,2-6H2,1H3. The van der Waals surface area contributed by atoms with Crippen LogP contribution in [0.2, 0.25) is 0 Å². The molecule has 3 nitrogen and oxygen atoms in total. The highest BCUT2D eigenvalue weighted by Gasteiger charge is 2.29. The van der Waals surface area contributed by atoms with Gasteiger partial charge in [0.1, 0.15) is 10.7 Å². The van der Waals surface area contributed by atoms with Gasteiger partial charge in [-0.1, -0.05) is 6.92 Å². The number of aromatic nitrogens is 2. The maximum Gasteiger partial charge on any atom is 0.143 e. The topological polar surface area (TPSA) is 37.8 Å². The molecule has 1 aliphatic carbocycles. The zero-order valence-corrected chi connectivity index (χ0v) is 12.1. The van der Waals surface area contributed by atoms with Crippen molar-refractivity contribution >= 4 is 22.7 Å². The molecule has 1 saturated carbocycles. The third kappa shape index (κ3) is 2.63. The van der Waals surface area contributed by atoms with Gasteiger partial charge in [-0.05, 0) is 25.8 Å². The van der Waals surface area contributed by atoms with E-state index in [-0.39, 0.29) is 0 Å². The van der Waals surface area contributed by atoms with E-state index < -0.39 is 0 Å². The lowest BCUT2D eigenvalue weighted by Crippen LogP contribution is -2.13. The Morgan fingerprint density at radius 2 is 2.33 bits per heavy atom. The quantitative estimate of drug-likeness (QED) is 0.820. The molecule has 2 heterocycles. The van der Waals surface area contributed by atoms with E-state index in [2.05, 4.69) is 22.6 Å². The average Bonchev–Trinajstić information content (AvgIpc) is 2.93. The van der Waals surface area contributed by atoms with Crippen LogP contribution in [-0.2, 0) is 6.54 Å². The Morgan fingerprint density at radius 3 is 3.00 bits per heavy atom. The molecule has 3 rings (SSSR count). The van der Waals surface area contributed by atoms with Gasteiger partial charge in [0.25, 0.3) is 0 Å². The van der Waals surface area contributed by atoms with Gasteiger partial charge in [0.15, 0.2) is 0 Å². The minimum absolute atomic E-state index is 0.715. The number of nitrogens with one attached hydrogen (secondary N) is 1. The summed E-state index contributed by atoms with van der Waals surface area (Å²) < 4.78 is 0. The van der Waals surface area contributed by atoms with Crippen molar-refractivity contribution in [2.45, 2.75) is 38.6 Å². The van der Waals surface area contributed by atoms with Crippen LogP contribution < -0.4 is 5.32 Å². The van der Waals surface area contributed by atoms with Crippen molar-refractivity contribution in [3.63, 3.8) is 0 Å². The highest BCUT2D eigenvalue weighted by molar-refractivity contribution is 7.15. The minimum atomic E-state index is 0.715. The molecule has 0 aromatic carbocycles. The molecule has 2 aromatic rings. The van der Waals surface area contributed by atoms with Crippen LogP contribution in [0, 0.1) is 0 Å².